The van der Waals surface area contributed by atoms with Gasteiger partial charge in [-0.25, -0.2) is 13.5 Å². The highest BCUT2D eigenvalue weighted by Gasteiger charge is 2.34. The lowest BCUT2D eigenvalue weighted by molar-refractivity contribution is -0.139. The predicted molar refractivity (Wildman–Crippen MR) is 88.2 cm³/mol. The zero-order valence-corrected chi connectivity index (χ0v) is 13.9. The van der Waals surface area contributed by atoms with Gasteiger partial charge in [-0.2, -0.15) is 23.5 Å². The molecule has 3 aromatic rings. The van der Waals surface area contributed by atoms with E-state index in [4.69, 9.17) is 5.26 Å². The summed E-state index contributed by atoms with van der Waals surface area (Å²) < 4.78 is 68.1. The minimum Gasteiger partial charge on any atom is -0.369 e. The molecule has 0 fully saturated rings. The molecule has 0 aliphatic rings. The number of nitrogens with one attached hydrogen (secondary N) is 1. The van der Waals surface area contributed by atoms with E-state index >= 15 is 0 Å². The number of aliphatic hydroxyl groups excluding tert-OH is 1. The molecule has 0 spiro atoms. The third-order valence-electron chi connectivity index (χ3n) is 3.81. The van der Waals surface area contributed by atoms with Gasteiger partial charge in [0.05, 0.1) is 17.2 Å². The second-order valence-corrected chi connectivity index (χ2v) is 5.68. The fourth-order valence-corrected chi connectivity index (χ4v) is 2.59. The molecule has 0 aliphatic carbocycles. The van der Waals surface area contributed by atoms with Gasteiger partial charge >= 0.3 is 6.18 Å². The Labute approximate surface area is 155 Å². The molecule has 1 heterocycles. The molecular formula is C18H11F5N4O. The largest absolute Gasteiger partial charge is 0.416 e. The number of rotatable bonds is 4. The van der Waals surface area contributed by atoms with Crippen molar-refractivity contribution in [2.45, 2.75) is 12.4 Å². The molecule has 2 aromatic carbocycles. The fourth-order valence-electron chi connectivity index (χ4n) is 2.59. The van der Waals surface area contributed by atoms with E-state index in [1.54, 1.807) is 6.07 Å². The number of alkyl halides is 3. The van der Waals surface area contributed by atoms with Crippen molar-refractivity contribution >= 4 is 5.82 Å². The van der Waals surface area contributed by atoms with Crippen LogP contribution < -0.4 is 5.32 Å². The first-order valence-electron chi connectivity index (χ1n) is 7.76. The molecule has 0 aliphatic heterocycles. The van der Waals surface area contributed by atoms with E-state index in [-0.39, 0.29) is 11.4 Å². The Morgan fingerprint density at radius 2 is 1.75 bits per heavy atom. The van der Waals surface area contributed by atoms with Crippen molar-refractivity contribution in [3.63, 3.8) is 0 Å². The van der Waals surface area contributed by atoms with Crippen molar-refractivity contribution in [2.24, 2.45) is 0 Å². The monoisotopic (exact) mass is 394 g/mol. The lowest BCUT2D eigenvalue weighted by Gasteiger charge is -2.18. The molecule has 0 bridgehead atoms. The van der Waals surface area contributed by atoms with E-state index in [0.717, 1.165) is 35.1 Å². The van der Waals surface area contributed by atoms with Crippen molar-refractivity contribution in [2.75, 3.05) is 5.32 Å². The van der Waals surface area contributed by atoms with E-state index in [2.05, 4.69) is 10.4 Å². The highest BCUT2D eigenvalue weighted by Crippen LogP contribution is 2.34. The van der Waals surface area contributed by atoms with E-state index in [1.165, 1.54) is 18.2 Å². The third-order valence-corrected chi connectivity index (χ3v) is 3.81. The van der Waals surface area contributed by atoms with Gasteiger partial charge in [0.1, 0.15) is 5.69 Å². The Balaban J connectivity index is 1.88. The van der Waals surface area contributed by atoms with Crippen molar-refractivity contribution in [1.29, 1.82) is 5.26 Å². The quantitative estimate of drug-likeness (QED) is 0.515. The molecule has 3 rings (SSSR count). The molecular weight excluding hydrogens is 383 g/mol. The number of nitriles is 1. The zero-order chi connectivity index (χ0) is 20.5. The Morgan fingerprint density at radius 1 is 1.11 bits per heavy atom. The predicted octanol–water partition coefficient (Wildman–Crippen LogP) is 4.14. The Hall–Kier alpha value is -3.45. The number of anilines is 1. The van der Waals surface area contributed by atoms with Crippen LogP contribution in [0, 0.1) is 23.0 Å². The zero-order valence-electron chi connectivity index (χ0n) is 13.9. The standard InChI is InChI=1S/C18H11F5N4O/c19-13-7-10(9-24)8-14(20)16(13)27-6-5-15(26-27)25-17(28)11-3-1-2-4-12(11)18(21,22)23/h1-8,17,28H,(H,25,26). The van der Waals surface area contributed by atoms with Crippen molar-refractivity contribution in [3.8, 4) is 11.8 Å². The molecule has 0 radical (unpaired) electrons. The Bertz CT molecular complexity index is 1030. The summed E-state index contributed by atoms with van der Waals surface area (Å²) >= 11 is 0. The highest BCUT2D eigenvalue weighted by molar-refractivity contribution is 5.45. The number of aliphatic hydroxyl groups is 1. The lowest BCUT2D eigenvalue weighted by Crippen LogP contribution is -2.17. The van der Waals surface area contributed by atoms with Gasteiger partial charge in [-0.1, -0.05) is 18.2 Å². The summed E-state index contributed by atoms with van der Waals surface area (Å²) in [7, 11) is 0. The van der Waals surface area contributed by atoms with Gasteiger partial charge < -0.3 is 10.4 Å². The normalized spacial score (nSPS) is 12.5. The maximum absolute atomic E-state index is 14.1. The van der Waals surface area contributed by atoms with Crippen LogP contribution in [0.3, 0.4) is 0 Å². The van der Waals surface area contributed by atoms with Crippen LogP contribution in [0.2, 0.25) is 0 Å². The second-order valence-electron chi connectivity index (χ2n) is 5.68. The first-order chi connectivity index (χ1) is 13.2. The second kappa shape index (κ2) is 7.28. The number of nitrogens with zero attached hydrogens (tertiary/aromatic N) is 3. The minimum absolute atomic E-state index is 0.118. The Morgan fingerprint density at radius 3 is 2.36 bits per heavy atom. The summed E-state index contributed by atoms with van der Waals surface area (Å²) in [6.07, 6.45) is -5.29. The summed E-state index contributed by atoms with van der Waals surface area (Å²) in [4.78, 5) is 0. The molecule has 10 heteroatoms. The molecule has 0 saturated heterocycles. The number of halogens is 5. The number of hydrogen-bond donors (Lipinski definition) is 2. The maximum atomic E-state index is 14.1. The molecule has 1 unspecified atom stereocenters. The van der Waals surface area contributed by atoms with Gasteiger partial charge in [0.2, 0.25) is 0 Å². The molecule has 1 aromatic heterocycles. The Kier molecular flexibility index (Phi) is 5.02. The summed E-state index contributed by atoms with van der Waals surface area (Å²) in [5.41, 5.74) is -2.25. The van der Waals surface area contributed by atoms with Gasteiger partial charge in [0, 0.05) is 17.8 Å². The van der Waals surface area contributed by atoms with Crippen LogP contribution in [0.4, 0.5) is 27.8 Å². The van der Waals surface area contributed by atoms with Crippen LogP contribution in [0.15, 0.2) is 48.7 Å². The van der Waals surface area contributed by atoms with Gasteiger partial charge in [0.15, 0.2) is 23.7 Å². The van der Waals surface area contributed by atoms with Gasteiger partial charge in [-0.15, -0.1) is 0 Å². The van der Waals surface area contributed by atoms with Crippen molar-refractivity contribution < 1.29 is 27.1 Å². The molecule has 0 saturated carbocycles. The summed E-state index contributed by atoms with van der Waals surface area (Å²) in [6, 6.07) is 8.90. The molecule has 1 atom stereocenters. The third kappa shape index (κ3) is 3.79. The van der Waals surface area contributed by atoms with Crippen LogP contribution in [-0.2, 0) is 6.18 Å². The smallest absolute Gasteiger partial charge is 0.369 e. The van der Waals surface area contributed by atoms with Gasteiger partial charge in [-0.3, -0.25) is 0 Å². The fraction of sp³-hybridized carbons (Fsp3) is 0.111. The lowest BCUT2D eigenvalue weighted by atomic mass is 10.1. The molecule has 28 heavy (non-hydrogen) atoms. The average Bonchev–Trinajstić information content (AvgIpc) is 3.08. The van der Waals surface area contributed by atoms with Gasteiger partial charge in [-0.05, 0) is 18.2 Å². The molecule has 144 valence electrons. The first-order valence-corrected chi connectivity index (χ1v) is 7.76. The van der Waals surface area contributed by atoms with Crippen LogP contribution in [-0.4, -0.2) is 14.9 Å². The van der Waals surface area contributed by atoms with Crippen LogP contribution in [0.25, 0.3) is 5.69 Å². The van der Waals surface area contributed by atoms with Crippen LogP contribution >= 0.6 is 0 Å². The SMILES string of the molecule is N#Cc1cc(F)c(-n2ccc(NC(O)c3ccccc3C(F)(F)F)n2)c(F)c1. The summed E-state index contributed by atoms with van der Waals surface area (Å²) in [6.45, 7) is 0. The number of aromatic nitrogens is 2. The molecule has 2 N–H and O–H groups in total. The first kappa shape index (κ1) is 19.3. The van der Waals surface area contributed by atoms with Crippen molar-refractivity contribution in [3.05, 3.63) is 77.0 Å². The maximum Gasteiger partial charge on any atom is 0.416 e. The molecule has 0 amide bonds. The highest BCUT2D eigenvalue weighted by atomic mass is 19.4. The van der Waals surface area contributed by atoms with Crippen molar-refractivity contribution in [1.82, 2.24) is 9.78 Å². The summed E-state index contributed by atoms with van der Waals surface area (Å²) in [5.74, 6) is -2.21. The van der Waals surface area contributed by atoms with E-state index in [0.29, 0.717) is 0 Å². The molecule has 5 nitrogen and oxygen atoms in total. The van der Waals surface area contributed by atoms with E-state index < -0.39 is 40.9 Å². The number of hydrogen-bond acceptors (Lipinski definition) is 4. The number of benzene rings is 2. The average molecular weight is 394 g/mol. The van der Waals surface area contributed by atoms with E-state index in [1.807, 2.05) is 0 Å². The van der Waals surface area contributed by atoms with Crippen LogP contribution in [0.1, 0.15) is 22.9 Å². The van der Waals surface area contributed by atoms with E-state index in [9.17, 15) is 27.1 Å². The van der Waals surface area contributed by atoms with Crippen LogP contribution in [0.5, 0.6) is 0 Å². The minimum atomic E-state index is -4.67. The topological polar surface area (TPSA) is 73.9 Å². The van der Waals surface area contributed by atoms with Gasteiger partial charge in [0.25, 0.3) is 0 Å². The summed E-state index contributed by atoms with van der Waals surface area (Å²) in [5, 5.41) is 25.0.